The minimum absolute atomic E-state index is 0.104. The van der Waals surface area contributed by atoms with Crippen LogP contribution in [0.4, 0.5) is 34.9 Å². The van der Waals surface area contributed by atoms with E-state index in [0.29, 0.717) is 48.1 Å². The molecule has 13 heteroatoms. The quantitative estimate of drug-likeness (QED) is 0.0717. The fourth-order valence-electron chi connectivity index (χ4n) is 7.82. The van der Waals surface area contributed by atoms with Crippen molar-refractivity contribution in [2.45, 2.75) is 90.1 Å². The van der Waals surface area contributed by atoms with Crippen LogP contribution in [0, 0.1) is 22.5 Å². The van der Waals surface area contributed by atoms with Gasteiger partial charge in [-0.05, 0) is 100 Å². The molecular weight excluding hydrogens is 686 g/mol. The van der Waals surface area contributed by atoms with E-state index in [1.165, 1.54) is 29.7 Å². The molecular formula is C40H53F4N7O2. The van der Waals surface area contributed by atoms with E-state index in [4.69, 9.17) is 15.0 Å². The second-order valence-corrected chi connectivity index (χ2v) is 14.8. The molecule has 2 saturated heterocycles. The summed E-state index contributed by atoms with van der Waals surface area (Å²) in [7, 11) is 3.21. The minimum Gasteiger partial charge on any atom is -0.495 e. The summed E-state index contributed by atoms with van der Waals surface area (Å²) in [6, 6.07) is 8.72. The van der Waals surface area contributed by atoms with E-state index < -0.39 is 29.2 Å². The van der Waals surface area contributed by atoms with Gasteiger partial charge in [0.15, 0.2) is 17.5 Å². The van der Waals surface area contributed by atoms with Crippen LogP contribution in [-0.4, -0.2) is 66.9 Å². The van der Waals surface area contributed by atoms with Gasteiger partial charge in [0, 0.05) is 36.8 Å². The van der Waals surface area contributed by atoms with Gasteiger partial charge in [-0.15, -0.1) is 0 Å². The number of likely N-dealkylation sites (tertiary alicyclic amines) is 1. The molecule has 3 heterocycles. The summed E-state index contributed by atoms with van der Waals surface area (Å²) in [6.07, 6.45) is 11.1. The van der Waals surface area contributed by atoms with Crippen molar-refractivity contribution in [1.29, 1.82) is 5.41 Å². The molecule has 3 N–H and O–H groups in total. The number of hydroxylamine groups is 1. The molecule has 3 aromatic rings. The van der Waals surface area contributed by atoms with E-state index >= 15 is 0 Å². The normalized spacial score (nSPS) is 17.9. The third-order valence-corrected chi connectivity index (χ3v) is 10.8. The lowest BCUT2D eigenvalue weighted by molar-refractivity contribution is 0.0127. The van der Waals surface area contributed by atoms with Crippen molar-refractivity contribution in [3.8, 4) is 5.75 Å². The monoisotopic (exact) mass is 739 g/mol. The van der Waals surface area contributed by atoms with E-state index in [1.54, 1.807) is 26.3 Å². The molecule has 288 valence electrons. The number of ether oxygens (including phenoxy) is 1. The molecule has 2 aliphatic rings. The van der Waals surface area contributed by atoms with Gasteiger partial charge in [0.2, 0.25) is 5.97 Å². The smallest absolute Gasteiger partial charge is 0.214 e. The topological polar surface area (TPSA) is 98.6 Å². The zero-order valence-electron chi connectivity index (χ0n) is 31.5. The molecule has 2 aromatic carbocycles. The number of nitrogens with one attached hydrogen (secondary N) is 3. The van der Waals surface area contributed by atoms with Crippen LogP contribution in [0.5, 0.6) is 5.75 Å². The van der Waals surface area contributed by atoms with Crippen molar-refractivity contribution >= 4 is 28.9 Å². The van der Waals surface area contributed by atoms with E-state index in [0.717, 1.165) is 69.7 Å². The number of nitrogens with zero attached hydrogens (tertiary/aromatic N) is 4. The molecule has 1 atom stereocenters. The number of unbranched alkanes of at least 4 members (excludes halogenated alkanes) is 1. The summed E-state index contributed by atoms with van der Waals surface area (Å²) < 4.78 is 63.2. The molecule has 0 radical (unpaired) electrons. The maximum atomic E-state index is 14.8. The zero-order chi connectivity index (χ0) is 38.2. The number of aryl methyl sites for hydroxylation is 1. The van der Waals surface area contributed by atoms with Crippen LogP contribution in [0.2, 0.25) is 0 Å². The Hall–Kier alpha value is -4.23. The first-order valence-electron chi connectivity index (χ1n) is 18.5. The first kappa shape index (κ1) is 40.0. The van der Waals surface area contributed by atoms with Crippen molar-refractivity contribution in [2.24, 2.45) is 5.41 Å². The van der Waals surface area contributed by atoms with Crippen LogP contribution >= 0.6 is 0 Å². The largest absolute Gasteiger partial charge is 0.495 e. The highest BCUT2D eigenvalue weighted by Crippen LogP contribution is 2.43. The highest BCUT2D eigenvalue weighted by molar-refractivity contribution is 6.18. The van der Waals surface area contributed by atoms with Crippen LogP contribution in [-0.2, 0) is 11.3 Å². The number of piperidine rings is 1. The van der Waals surface area contributed by atoms with Gasteiger partial charge in [0.1, 0.15) is 24.6 Å². The number of anilines is 3. The third kappa shape index (κ3) is 9.29. The van der Waals surface area contributed by atoms with E-state index in [2.05, 4.69) is 32.4 Å². The number of aromatic nitrogens is 2. The molecule has 5 rings (SSSR count). The fourth-order valence-corrected chi connectivity index (χ4v) is 7.82. The van der Waals surface area contributed by atoms with Gasteiger partial charge in [-0.25, -0.2) is 28.2 Å². The van der Waals surface area contributed by atoms with Gasteiger partial charge in [-0.2, -0.15) is 4.39 Å². The number of hydrogen-bond donors (Lipinski definition) is 3. The van der Waals surface area contributed by atoms with Crippen molar-refractivity contribution in [3.05, 3.63) is 77.3 Å². The van der Waals surface area contributed by atoms with Crippen molar-refractivity contribution in [2.75, 3.05) is 50.9 Å². The Morgan fingerprint density at radius 3 is 2.58 bits per heavy atom. The Bertz CT molecular complexity index is 1750. The highest BCUT2D eigenvalue weighted by atomic mass is 19.2. The molecule has 2 aliphatic heterocycles. The van der Waals surface area contributed by atoms with Gasteiger partial charge in [-0.3, -0.25) is 15.1 Å². The fraction of sp³-hybridized carbons (Fsp3) is 0.525. The first-order chi connectivity index (χ1) is 25.5. The first-order valence-corrected chi connectivity index (χ1v) is 18.5. The number of hydrogen-bond acceptors (Lipinski definition) is 9. The van der Waals surface area contributed by atoms with Gasteiger partial charge >= 0.3 is 0 Å². The van der Waals surface area contributed by atoms with Gasteiger partial charge in [0.25, 0.3) is 0 Å². The summed E-state index contributed by atoms with van der Waals surface area (Å²) in [5.41, 5.74) is 1.92. The summed E-state index contributed by atoms with van der Waals surface area (Å²) in [5, 5.41) is 15.5. The molecule has 0 spiro atoms. The van der Waals surface area contributed by atoms with Crippen LogP contribution in [0.3, 0.4) is 0 Å². The third-order valence-electron chi connectivity index (χ3n) is 10.8. The van der Waals surface area contributed by atoms with Gasteiger partial charge in [-0.1, -0.05) is 31.9 Å². The number of allylic oxidation sites excluding steroid dienone is 1. The number of benzene rings is 2. The number of halogens is 4. The average molecular weight is 740 g/mol. The minimum atomic E-state index is -1.08. The number of alkyl halides is 1. The van der Waals surface area contributed by atoms with Crippen LogP contribution < -0.4 is 20.4 Å². The summed E-state index contributed by atoms with van der Waals surface area (Å²) in [4.78, 5) is 16.8. The van der Waals surface area contributed by atoms with Crippen molar-refractivity contribution in [3.63, 3.8) is 0 Å². The second kappa shape index (κ2) is 17.7. The van der Waals surface area contributed by atoms with Crippen molar-refractivity contribution in [1.82, 2.24) is 20.2 Å². The Morgan fingerprint density at radius 1 is 1.13 bits per heavy atom. The standard InChI is InChI=1S/C40H53F4N7O2/c1-6-14-40(16-18-50(19-17-40)39(2,3)25-41)15-8-7-10-27-21-34(52-5)32(22-29(27)30(24-46-4)38(44)45)49-35-23-36(48-26-47-35)51-33(13-20-53-51)28-11-9-12-31(42)37(28)43/h9,11-12,21-24,26,33,45-46H,6-8,10,13-20,25H2,1-5H3,(H,47,48,49)/b30-24-,45-38?/t33-/m1/s1. The lowest BCUT2D eigenvalue weighted by Gasteiger charge is -2.47. The van der Waals surface area contributed by atoms with Crippen LogP contribution in [0.25, 0.3) is 5.57 Å². The maximum Gasteiger partial charge on any atom is 0.214 e. The SMILES string of the molecule is CCCC1(CCCCc2cc(OC)c(Nc3cc(N4OCC[C@@H]4c4cccc(F)c4F)ncn3)cc2/C(=C/NC)C(=N)F)CCN(C(C)(C)CF)CC1. The number of rotatable bonds is 17. The lowest BCUT2D eigenvalue weighted by atomic mass is 9.71. The Labute approximate surface area is 310 Å². The predicted octanol–water partition coefficient (Wildman–Crippen LogP) is 9.24. The Balaban J connectivity index is 1.36. The Kier molecular flexibility index (Phi) is 13.4. The molecule has 2 fully saturated rings. The number of methoxy groups -OCH3 is 1. The molecule has 0 saturated carbocycles. The van der Waals surface area contributed by atoms with Crippen molar-refractivity contribution < 1.29 is 27.1 Å². The van der Waals surface area contributed by atoms with E-state index in [1.807, 2.05) is 19.9 Å². The molecule has 1 aromatic heterocycles. The predicted molar refractivity (Wildman–Crippen MR) is 202 cm³/mol. The molecule has 9 nitrogen and oxygen atoms in total. The van der Waals surface area contributed by atoms with Gasteiger partial charge in [0.05, 0.1) is 31.0 Å². The average Bonchev–Trinajstić information content (AvgIpc) is 3.64. The van der Waals surface area contributed by atoms with Crippen LogP contribution in [0.15, 0.2) is 48.9 Å². The molecule has 0 aliphatic carbocycles. The summed E-state index contributed by atoms with van der Waals surface area (Å²) in [5.74, 6) is -1.74. The Morgan fingerprint density at radius 2 is 1.91 bits per heavy atom. The molecule has 53 heavy (non-hydrogen) atoms. The lowest BCUT2D eigenvalue weighted by Crippen LogP contribution is -2.51. The molecule has 0 bridgehead atoms. The van der Waals surface area contributed by atoms with Gasteiger partial charge < -0.3 is 15.4 Å². The molecule has 0 amide bonds. The maximum absolute atomic E-state index is 14.8. The summed E-state index contributed by atoms with van der Waals surface area (Å²) >= 11 is 0. The second-order valence-electron chi connectivity index (χ2n) is 14.8. The van der Waals surface area contributed by atoms with Crippen LogP contribution in [0.1, 0.15) is 94.9 Å². The summed E-state index contributed by atoms with van der Waals surface area (Å²) in [6.45, 7) is 7.90. The molecule has 0 unspecified atom stereocenters. The van der Waals surface area contributed by atoms with E-state index in [9.17, 15) is 17.6 Å². The highest BCUT2D eigenvalue weighted by Gasteiger charge is 2.38. The van der Waals surface area contributed by atoms with E-state index in [-0.39, 0.29) is 23.2 Å². The zero-order valence-corrected chi connectivity index (χ0v) is 31.5.